The average Bonchev–Trinajstić information content (AvgIpc) is 2.20. The predicted octanol–water partition coefficient (Wildman–Crippen LogP) is 2.28. The second-order valence-corrected chi connectivity index (χ2v) is 3.92. The van der Waals surface area contributed by atoms with E-state index in [9.17, 15) is 9.59 Å². The summed E-state index contributed by atoms with van der Waals surface area (Å²) >= 11 is 4.24. The van der Waals surface area contributed by atoms with Gasteiger partial charge < -0.3 is 4.74 Å². The van der Waals surface area contributed by atoms with Crippen LogP contribution in [0.3, 0.4) is 0 Å². The number of hydrogen-bond donors (Lipinski definition) is 1. The van der Waals surface area contributed by atoms with E-state index in [1.165, 1.54) is 6.92 Å². The molecule has 0 N–H and O–H groups in total. The number of rotatable bonds is 4. The number of hydrogen-bond acceptors (Lipinski definition) is 4. The molecule has 0 spiro atoms. The van der Waals surface area contributed by atoms with E-state index in [0.29, 0.717) is 23.5 Å². The molecule has 0 aliphatic carbocycles. The highest BCUT2D eigenvalue weighted by molar-refractivity contribution is 7.80. The maximum atomic E-state index is 11.4. The standard InChI is InChI=1S/C12H14O3S/c1-3-15-12(14)10-5-4-9(6-8(2)13)11(16)7-10/h4-5,7,16H,3,6H2,1-2H3. The zero-order valence-electron chi connectivity index (χ0n) is 9.32. The zero-order valence-corrected chi connectivity index (χ0v) is 10.2. The highest BCUT2D eigenvalue weighted by Gasteiger charge is 2.09. The summed E-state index contributed by atoms with van der Waals surface area (Å²) in [6.45, 7) is 3.62. The number of Topliss-reactive ketones (excluding diaryl/α,β-unsaturated/α-hetero) is 1. The van der Waals surface area contributed by atoms with E-state index in [2.05, 4.69) is 12.6 Å². The fourth-order valence-corrected chi connectivity index (χ4v) is 1.62. The molecule has 3 nitrogen and oxygen atoms in total. The molecule has 0 bridgehead atoms. The fraction of sp³-hybridized carbons (Fsp3) is 0.333. The Morgan fingerprint density at radius 1 is 1.38 bits per heavy atom. The molecular weight excluding hydrogens is 224 g/mol. The monoisotopic (exact) mass is 238 g/mol. The van der Waals surface area contributed by atoms with Crippen LogP contribution in [0.1, 0.15) is 29.8 Å². The molecule has 1 rings (SSSR count). The lowest BCUT2D eigenvalue weighted by atomic mass is 10.1. The van der Waals surface area contributed by atoms with E-state index < -0.39 is 0 Å². The topological polar surface area (TPSA) is 43.4 Å². The molecule has 0 atom stereocenters. The van der Waals surface area contributed by atoms with Gasteiger partial charge in [-0.05, 0) is 31.5 Å². The molecule has 1 aromatic rings. The first-order chi connectivity index (χ1) is 7.54. The minimum absolute atomic E-state index is 0.0687. The van der Waals surface area contributed by atoms with Gasteiger partial charge in [-0.2, -0.15) is 0 Å². The SMILES string of the molecule is CCOC(=O)c1ccc(CC(C)=O)c(S)c1. The Hall–Kier alpha value is -1.29. The summed E-state index contributed by atoms with van der Waals surface area (Å²) in [5.41, 5.74) is 1.28. The van der Waals surface area contributed by atoms with Gasteiger partial charge in [0, 0.05) is 11.3 Å². The molecule has 0 fully saturated rings. The van der Waals surface area contributed by atoms with Gasteiger partial charge in [-0.25, -0.2) is 4.79 Å². The van der Waals surface area contributed by atoms with Crippen molar-refractivity contribution >= 4 is 24.4 Å². The van der Waals surface area contributed by atoms with Crippen molar-refractivity contribution in [3.63, 3.8) is 0 Å². The van der Waals surface area contributed by atoms with Crippen molar-refractivity contribution in [2.75, 3.05) is 6.61 Å². The Labute approximate surface area is 100 Å². The quantitative estimate of drug-likeness (QED) is 0.646. The third kappa shape index (κ3) is 3.38. The van der Waals surface area contributed by atoms with Crippen LogP contribution in [0.5, 0.6) is 0 Å². The molecule has 0 radical (unpaired) electrons. The van der Waals surface area contributed by atoms with Gasteiger partial charge in [0.2, 0.25) is 0 Å². The number of benzene rings is 1. The molecule has 0 aromatic heterocycles. The first-order valence-electron chi connectivity index (χ1n) is 5.03. The fourth-order valence-electron chi connectivity index (χ4n) is 1.32. The van der Waals surface area contributed by atoms with E-state index in [-0.39, 0.29) is 11.8 Å². The van der Waals surface area contributed by atoms with Crippen LogP contribution in [0.15, 0.2) is 23.1 Å². The number of esters is 1. The summed E-state index contributed by atoms with van der Waals surface area (Å²) in [4.78, 5) is 23.0. The van der Waals surface area contributed by atoms with E-state index >= 15 is 0 Å². The summed E-state index contributed by atoms with van der Waals surface area (Å²) in [6.07, 6.45) is 0.335. The van der Waals surface area contributed by atoms with E-state index in [1.807, 2.05) is 0 Å². The molecule has 0 saturated carbocycles. The Morgan fingerprint density at radius 2 is 2.06 bits per heavy atom. The largest absolute Gasteiger partial charge is 0.462 e. The van der Waals surface area contributed by atoms with Crippen molar-refractivity contribution in [1.29, 1.82) is 0 Å². The smallest absolute Gasteiger partial charge is 0.338 e. The summed E-state index contributed by atoms with van der Waals surface area (Å²) in [5.74, 6) is -0.300. The third-order valence-corrected chi connectivity index (χ3v) is 2.45. The Balaban J connectivity index is 2.90. The number of thiol groups is 1. The minimum atomic E-state index is -0.368. The van der Waals surface area contributed by atoms with Gasteiger partial charge in [-0.15, -0.1) is 12.6 Å². The van der Waals surface area contributed by atoms with E-state index in [0.717, 1.165) is 5.56 Å². The number of ketones is 1. The number of ether oxygens (including phenoxy) is 1. The van der Waals surface area contributed by atoms with Crippen molar-refractivity contribution in [2.45, 2.75) is 25.2 Å². The van der Waals surface area contributed by atoms with Crippen LogP contribution in [-0.4, -0.2) is 18.4 Å². The van der Waals surface area contributed by atoms with Crippen LogP contribution < -0.4 is 0 Å². The lowest BCUT2D eigenvalue weighted by molar-refractivity contribution is -0.116. The Morgan fingerprint density at radius 3 is 2.56 bits per heavy atom. The molecule has 0 saturated heterocycles. The summed E-state index contributed by atoms with van der Waals surface area (Å²) in [6, 6.07) is 5.01. The van der Waals surface area contributed by atoms with Gasteiger partial charge in [0.25, 0.3) is 0 Å². The van der Waals surface area contributed by atoms with Crippen LogP contribution in [0.2, 0.25) is 0 Å². The molecule has 0 unspecified atom stereocenters. The van der Waals surface area contributed by atoms with Crippen LogP contribution >= 0.6 is 12.6 Å². The van der Waals surface area contributed by atoms with Crippen molar-refractivity contribution < 1.29 is 14.3 Å². The van der Waals surface area contributed by atoms with Crippen molar-refractivity contribution in [2.24, 2.45) is 0 Å². The highest BCUT2D eigenvalue weighted by Crippen LogP contribution is 2.17. The van der Waals surface area contributed by atoms with Gasteiger partial charge >= 0.3 is 5.97 Å². The lowest BCUT2D eigenvalue weighted by Crippen LogP contribution is -2.05. The molecule has 0 aliphatic rings. The van der Waals surface area contributed by atoms with Gasteiger partial charge in [0.1, 0.15) is 5.78 Å². The van der Waals surface area contributed by atoms with Crippen molar-refractivity contribution in [3.8, 4) is 0 Å². The van der Waals surface area contributed by atoms with Crippen LogP contribution in [0, 0.1) is 0 Å². The van der Waals surface area contributed by atoms with Crippen LogP contribution in [0.4, 0.5) is 0 Å². The molecule has 16 heavy (non-hydrogen) atoms. The second kappa shape index (κ2) is 5.70. The zero-order chi connectivity index (χ0) is 12.1. The van der Waals surface area contributed by atoms with Crippen molar-refractivity contribution in [3.05, 3.63) is 29.3 Å². The summed E-state index contributed by atoms with van der Waals surface area (Å²) in [5, 5.41) is 0. The Bertz CT molecular complexity index is 413. The average molecular weight is 238 g/mol. The third-order valence-electron chi connectivity index (χ3n) is 2.04. The molecule has 86 valence electrons. The second-order valence-electron chi connectivity index (χ2n) is 3.44. The lowest BCUT2D eigenvalue weighted by Gasteiger charge is -2.06. The molecule has 0 heterocycles. The van der Waals surface area contributed by atoms with E-state index in [1.54, 1.807) is 25.1 Å². The maximum absolute atomic E-state index is 11.4. The molecule has 0 amide bonds. The van der Waals surface area contributed by atoms with Crippen LogP contribution in [-0.2, 0) is 16.0 Å². The minimum Gasteiger partial charge on any atom is -0.462 e. The van der Waals surface area contributed by atoms with Crippen LogP contribution in [0.25, 0.3) is 0 Å². The normalized spacial score (nSPS) is 9.94. The molecular formula is C12H14O3S. The number of carbonyl (C=O) groups excluding carboxylic acids is 2. The molecule has 4 heteroatoms. The molecule has 1 aromatic carbocycles. The highest BCUT2D eigenvalue weighted by atomic mass is 32.1. The molecule has 0 aliphatic heterocycles. The van der Waals surface area contributed by atoms with Gasteiger partial charge in [-0.1, -0.05) is 6.07 Å². The Kier molecular flexibility index (Phi) is 4.55. The predicted molar refractivity (Wildman–Crippen MR) is 64.0 cm³/mol. The first-order valence-corrected chi connectivity index (χ1v) is 5.47. The van der Waals surface area contributed by atoms with E-state index in [4.69, 9.17) is 4.74 Å². The first kappa shape index (κ1) is 12.8. The summed E-state index contributed by atoms with van der Waals surface area (Å²) in [7, 11) is 0. The maximum Gasteiger partial charge on any atom is 0.338 e. The van der Waals surface area contributed by atoms with Gasteiger partial charge in [0.15, 0.2) is 0 Å². The van der Waals surface area contributed by atoms with Gasteiger partial charge in [-0.3, -0.25) is 4.79 Å². The summed E-state index contributed by atoms with van der Waals surface area (Å²) < 4.78 is 4.86. The van der Waals surface area contributed by atoms with Crippen molar-refractivity contribution in [1.82, 2.24) is 0 Å². The van der Waals surface area contributed by atoms with Gasteiger partial charge in [0.05, 0.1) is 12.2 Å². The number of carbonyl (C=O) groups is 2.